The van der Waals surface area contributed by atoms with E-state index in [0.29, 0.717) is 0 Å². The summed E-state index contributed by atoms with van der Waals surface area (Å²) in [6.45, 7) is 0. The van der Waals surface area contributed by atoms with Gasteiger partial charge in [0.25, 0.3) is 0 Å². The van der Waals surface area contributed by atoms with Gasteiger partial charge in [-0.1, -0.05) is 35.3 Å². The van der Waals surface area contributed by atoms with Gasteiger partial charge in [0.05, 0.1) is 22.3 Å². The first kappa shape index (κ1) is 24.3. The highest BCUT2D eigenvalue weighted by Crippen LogP contribution is 2.19. The van der Waals surface area contributed by atoms with Crippen LogP contribution in [0.25, 0.3) is 0 Å². The van der Waals surface area contributed by atoms with Crippen molar-refractivity contribution in [2.24, 2.45) is 0 Å². The van der Waals surface area contributed by atoms with Crippen molar-refractivity contribution in [2.45, 2.75) is 37.3 Å². The summed E-state index contributed by atoms with van der Waals surface area (Å²) in [4.78, 5) is 24.2. The molecular weight excluding hydrogens is 445 g/mol. The number of hydrogen-bond acceptors (Lipinski definition) is 6. The third-order valence-corrected chi connectivity index (χ3v) is 4.98. The molecule has 0 fully saturated rings. The minimum atomic E-state index is -2.22. The van der Waals surface area contributed by atoms with Gasteiger partial charge < -0.3 is 20.4 Å². The fraction of sp³-hybridized carbons (Fsp3) is 0.300. The Labute approximate surface area is 180 Å². The lowest BCUT2D eigenvalue weighted by Gasteiger charge is -2.20. The van der Waals surface area contributed by atoms with Crippen molar-refractivity contribution < 1.29 is 38.8 Å². The van der Waals surface area contributed by atoms with Crippen LogP contribution in [-0.2, 0) is 22.4 Å². The van der Waals surface area contributed by atoms with Gasteiger partial charge in [-0.2, -0.15) is 0 Å². The SMILES string of the molecule is O=C(C(=O)[C@H](O)C(O)Cc1ccc(Cl)c(F)c1)[C@@H](O)C(O)Cc1ccc(Cl)c(F)c1. The maximum Gasteiger partial charge on any atom is 0.232 e. The Bertz CT molecular complexity index is 864. The van der Waals surface area contributed by atoms with E-state index in [1.807, 2.05) is 0 Å². The Morgan fingerprint density at radius 2 is 1.07 bits per heavy atom. The van der Waals surface area contributed by atoms with Gasteiger partial charge in [-0.3, -0.25) is 9.59 Å². The lowest BCUT2D eigenvalue weighted by molar-refractivity contribution is -0.152. The lowest BCUT2D eigenvalue weighted by Crippen LogP contribution is -2.47. The molecule has 0 saturated heterocycles. The molecule has 30 heavy (non-hydrogen) atoms. The van der Waals surface area contributed by atoms with Crippen LogP contribution < -0.4 is 0 Å². The van der Waals surface area contributed by atoms with Gasteiger partial charge in [-0.15, -0.1) is 0 Å². The van der Waals surface area contributed by atoms with Crippen molar-refractivity contribution in [1.29, 1.82) is 0 Å². The fourth-order valence-corrected chi connectivity index (χ4v) is 2.92. The second-order valence-electron chi connectivity index (χ2n) is 6.66. The van der Waals surface area contributed by atoms with Crippen molar-refractivity contribution in [2.75, 3.05) is 0 Å². The topological polar surface area (TPSA) is 115 Å². The Balaban J connectivity index is 2.00. The molecule has 0 radical (unpaired) electrons. The normalized spacial score (nSPS) is 15.3. The molecule has 0 amide bonds. The number of carbonyl (C=O) groups excluding carboxylic acids is 2. The molecule has 0 aliphatic rings. The van der Waals surface area contributed by atoms with Gasteiger partial charge in [0.1, 0.15) is 23.8 Å². The van der Waals surface area contributed by atoms with E-state index >= 15 is 0 Å². The van der Waals surface area contributed by atoms with Crippen molar-refractivity contribution in [3.05, 3.63) is 69.2 Å². The van der Waals surface area contributed by atoms with Gasteiger partial charge in [0.2, 0.25) is 11.6 Å². The molecule has 2 rings (SSSR count). The van der Waals surface area contributed by atoms with Crippen molar-refractivity contribution in [1.82, 2.24) is 0 Å². The van der Waals surface area contributed by atoms with Crippen LogP contribution in [0.1, 0.15) is 11.1 Å². The van der Waals surface area contributed by atoms with Gasteiger partial charge >= 0.3 is 0 Å². The first-order chi connectivity index (χ1) is 14.0. The Morgan fingerprint density at radius 1 is 0.733 bits per heavy atom. The molecule has 0 aromatic heterocycles. The monoisotopic (exact) mass is 462 g/mol. The van der Waals surface area contributed by atoms with E-state index in [4.69, 9.17) is 23.2 Å². The summed E-state index contributed by atoms with van der Waals surface area (Å²) in [5.74, 6) is -4.61. The van der Waals surface area contributed by atoms with Crippen molar-refractivity contribution >= 4 is 34.8 Å². The number of benzene rings is 2. The summed E-state index contributed by atoms with van der Waals surface area (Å²) in [5, 5.41) is 39.5. The molecule has 2 unspecified atom stereocenters. The number of aliphatic hydroxyl groups is 4. The number of rotatable bonds is 9. The number of carbonyl (C=O) groups is 2. The summed E-state index contributed by atoms with van der Waals surface area (Å²) >= 11 is 11.1. The number of aliphatic hydroxyl groups excluding tert-OH is 4. The minimum absolute atomic E-state index is 0.155. The van der Waals surface area contributed by atoms with Gasteiger partial charge in [0.15, 0.2) is 0 Å². The molecule has 0 heterocycles. The molecule has 0 spiro atoms. The molecule has 2 aromatic carbocycles. The molecule has 0 saturated carbocycles. The van der Waals surface area contributed by atoms with E-state index in [-0.39, 0.29) is 34.0 Å². The molecular formula is C20H18Cl2F2O6. The minimum Gasteiger partial charge on any atom is -0.390 e. The van der Waals surface area contributed by atoms with Crippen LogP contribution in [0, 0.1) is 11.6 Å². The Hall–Kier alpha value is -1.94. The molecule has 10 heteroatoms. The number of Topliss-reactive ketones (excluding diaryl/α,β-unsaturated/α-hetero) is 2. The van der Waals surface area contributed by atoms with E-state index in [0.717, 1.165) is 12.1 Å². The maximum absolute atomic E-state index is 13.4. The summed E-state index contributed by atoms with van der Waals surface area (Å²) in [5.41, 5.74) is 0.406. The molecule has 0 bridgehead atoms. The van der Waals surface area contributed by atoms with Gasteiger partial charge in [-0.05, 0) is 35.4 Å². The summed E-state index contributed by atoms with van der Waals surface area (Å²) in [7, 11) is 0. The highest BCUT2D eigenvalue weighted by atomic mass is 35.5. The molecule has 2 aromatic rings. The standard InChI is InChI=1S/C20H18Cl2F2O6/c21-11-3-1-9(5-13(11)23)7-15(25)17(27)19(29)20(30)18(28)16(26)8-10-2-4-12(22)14(24)6-10/h1-6,15-18,25-28H,7-8H2/t15?,16?,17-,18+. The third-order valence-electron chi connectivity index (χ3n) is 4.37. The molecule has 4 N–H and O–H groups in total. The van der Waals surface area contributed by atoms with Crippen LogP contribution in [0.15, 0.2) is 36.4 Å². The van der Waals surface area contributed by atoms with Crippen LogP contribution >= 0.6 is 23.2 Å². The lowest BCUT2D eigenvalue weighted by atomic mass is 9.94. The Morgan fingerprint density at radius 3 is 1.37 bits per heavy atom. The third kappa shape index (κ3) is 6.04. The molecule has 4 atom stereocenters. The predicted molar refractivity (Wildman–Crippen MR) is 104 cm³/mol. The smallest absolute Gasteiger partial charge is 0.232 e. The van der Waals surface area contributed by atoms with E-state index in [1.165, 1.54) is 24.3 Å². The maximum atomic E-state index is 13.4. The second-order valence-corrected chi connectivity index (χ2v) is 7.47. The molecule has 0 aliphatic carbocycles. The average Bonchev–Trinajstić information content (AvgIpc) is 2.71. The van der Waals surface area contributed by atoms with E-state index in [1.54, 1.807) is 0 Å². The van der Waals surface area contributed by atoms with Crippen LogP contribution in [0.3, 0.4) is 0 Å². The van der Waals surface area contributed by atoms with Crippen molar-refractivity contribution in [3.63, 3.8) is 0 Å². The zero-order valence-electron chi connectivity index (χ0n) is 15.3. The highest BCUT2D eigenvalue weighted by Gasteiger charge is 2.36. The fourth-order valence-electron chi connectivity index (χ4n) is 2.68. The zero-order chi connectivity index (χ0) is 22.6. The van der Waals surface area contributed by atoms with E-state index < -0.39 is 47.6 Å². The van der Waals surface area contributed by atoms with Crippen molar-refractivity contribution in [3.8, 4) is 0 Å². The first-order valence-electron chi connectivity index (χ1n) is 8.69. The summed E-state index contributed by atoms with van der Waals surface area (Å²) in [6, 6.07) is 7.15. The average molecular weight is 463 g/mol. The van der Waals surface area contributed by atoms with Gasteiger partial charge in [0, 0.05) is 12.8 Å². The molecule has 162 valence electrons. The second kappa shape index (κ2) is 10.4. The largest absolute Gasteiger partial charge is 0.390 e. The van der Waals surface area contributed by atoms with E-state index in [2.05, 4.69) is 0 Å². The van der Waals surface area contributed by atoms with Gasteiger partial charge in [-0.25, -0.2) is 8.78 Å². The summed E-state index contributed by atoms with van der Waals surface area (Å²) in [6.07, 6.45) is -8.75. The highest BCUT2D eigenvalue weighted by molar-refractivity contribution is 6.40. The molecule has 6 nitrogen and oxygen atoms in total. The van der Waals surface area contributed by atoms with Crippen LogP contribution in [-0.4, -0.2) is 56.4 Å². The number of ketones is 2. The predicted octanol–water partition coefficient (Wildman–Crippen LogP) is 1.64. The van der Waals surface area contributed by atoms with Crippen LogP contribution in [0.2, 0.25) is 10.0 Å². The summed E-state index contributed by atoms with van der Waals surface area (Å²) < 4.78 is 26.9. The van der Waals surface area contributed by atoms with Crippen LogP contribution in [0.4, 0.5) is 8.78 Å². The zero-order valence-corrected chi connectivity index (χ0v) is 16.8. The number of hydrogen-bond donors (Lipinski definition) is 4. The quantitative estimate of drug-likeness (QED) is 0.421. The number of halogens is 4. The Kier molecular flexibility index (Phi) is 8.42. The van der Waals surface area contributed by atoms with Crippen LogP contribution in [0.5, 0.6) is 0 Å². The van der Waals surface area contributed by atoms with E-state index in [9.17, 15) is 38.8 Å². The molecule has 0 aliphatic heterocycles. The first-order valence-corrected chi connectivity index (χ1v) is 9.45.